The van der Waals surface area contributed by atoms with Crippen LogP contribution in [0.3, 0.4) is 0 Å². The van der Waals surface area contributed by atoms with E-state index in [1.54, 1.807) is 0 Å². The van der Waals surface area contributed by atoms with E-state index in [-0.39, 0.29) is 5.41 Å². The molecule has 0 aliphatic heterocycles. The molecular formula is C13H19NO2. The van der Waals surface area contributed by atoms with Gasteiger partial charge in [0.1, 0.15) is 6.04 Å². The Balaban J connectivity index is 2.57. The van der Waals surface area contributed by atoms with Crippen molar-refractivity contribution in [3.8, 4) is 0 Å². The van der Waals surface area contributed by atoms with Crippen LogP contribution in [0.2, 0.25) is 0 Å². The fourth-order valence-electron chi connectivity index (χ4n) is 1.60. The van der Waals surface area contributed by atoms with Crippen LogP contribution >= 0.6 is 0 Å². The first kappa shape index (κ1) is 12.7. The number of nitrogens with two attached hydrogens (primary N) is 1. The molecule has 0 radical (unpaired) electrons. The molecule has 0 aliphatic carbocycles. The quantitative estimate of drug-likeness (QED) is 0.800. The van der Waals surface area contributed by atoms with Crippen molar-refractivity contribution in [2.24, 2.45) is 11.1 Å². The van der Waals surface area contributed by atoms with Crippen molar-refractivity contribution in [2.75, 3.05) is 0 Å². The Morgan fingerprint density at radius 1 is 1.38 bits per heavy atom. The van der Waals surface area contributed by atoms with Crippen molar-refractivity contribution < 1.29 is 9.90 Å². The Bertz CT molecular complexity index is 346. The molecule has 0 saturated carbocycles. The first-order chi connectivity index (χ1) is 7.43. The summed E-state index contributed by atoms with van der Waals surface area (Å²) in [6.07, 6.45) is 1.62. The van der Waals surface area contributed by atoms with E-state index < -0.39 is 12.0 Å². The molecule has 0 saturated heterocycles. The minimum Gasteiger partial charge on any atom is -0.480 e. The summed E-state index contributed by atoms with van der Waals surface area (Å²) in [5, 5.41) is 8.89. The second-order valence-electron chi connectivity index (χ2n) is 4.79. The van der Waals surface area contributed by atoms with Crippen molar-refractivity contribution in [3.05, 3.63) is 35.9 Å². The lowest BCUT2D eigenvalue weighted by Gasteiger charge is -2.28. The van der Waals surface area contributed by atoms with Gasteiger partial charge in [0.2, 0.25) is 0 Å². The maximum absolute atomic E-state index is 10.8. The van der Waals surface area contributed by atoms with Crippen LogP contribution in [0.1, 0.15) is 25.8 Å². The summed E-state index contributed by atoms with van der Waals surface area (Å²) in [7, 11) is 0. The van der Waals surface area contributed by atoms with Crippen LogP contribution in [0.4, 0.5) is 0 Å². The second kappa shape index (κ2) is 5.12. The Hall–Kier alpha value is -1.35. The lowest BCUT2D eigenvalue weighted by molar-refractivity contribution is -0.141. The Morgan fingerprint density at radius 3 is 2.44 bits per heavy atom. The van der Waals surface area contributed by atoms with E-state index in [1.165, 1.54) is 5.56 Å². The number of aliphatic carboxylic acids is 1. The molecule has 0 aliphatic rings. The molecule has 88 valence electrons. The highest BCUT2D eigenvalue weighted by Gasteiger charge is 2.31. The van der Waals surface area contributed by atoms with Crippen LogP contribution in [0, 0.1) is 5.41 Å². The van der Waals surface area contributed by atoms with Gasteiger partial charge >= 0.3 is 5.97 Å². The van der Waals surface area contributed by atoms with Crippen molar-refractivity contribution in [1.29, 1.82) is 0 Å². The lowest BCUT2D eigenvalue weighted by atomic mass is 9.79. The number of hydrogen-bond donors (Lipinski definition) is 2. The zero-order valence-corrected chi connectivity index (χ0v) is 9.81. The molecule has 0 fully saturated rings. The maximum Gasteiger partial charge on any atom is 0.321 e. The molecule has 0 bridgehead atoms. The predicted molar refractivity (Wildman–Crippen MR) is 64.2 cm³/mol. The fraction of sp³-hybridized carbons (Fsp3) is 0.462. The van der Waals surface area contributed by atoms with Gasteiger partial charge in [-0.3, -0.25) is 4.79 Å². The number of carboxylic acid groups (broad SMARTS) is 1. The molecule has 0 heterocycles. The second-order valence-corrected chi connectivity index (χ2v) is 4.79. The SMILES string of the molecule is CC(C)(CCc1ccccc1)[C@H](N)C(=O)O. The summed E-state index contributed by atoms with van der Waals surface area (Å²) in [6, 6.07) is 9.22. The summed E-state index contributed by atoms with van der Waals surface area (Å²) in [6.45, 7) is 3.80. The molecular weight excluding hydrogens is 202 g/mol. The minimum atomic E-state index is -0.932. The summed E-state index contributed by atoms with van der Waals surface area (Å²) < 4.78 is 0. The number of carboxylic acids is 1. The van der Waals surface area contributed by atoms with Gasteiger partial charge in [0.15, 0.2) is 0 Å². The van der Waals surface area contributed by atoms with Gasteiger partial charge in [0.25, 0.3) is 0 Å². The molecule has 3 heteroatoms. The zero-order chi connectivity index (χ0) is 12.2. The Morgan fingerprint density at radius 2 is 1.94 bits per heavy atom. The first-order valence-electron chi connectivity index (χ1n) is 5.46. The van der Waals surface area contributed by atoms with Crippen LogP contribution < -0.4 is 5.73 Å². The van der Waals surface area contributed by atoms with E-state index in [2.05, 4.69) is 0 Å². The number of rotatable bonds is 5. The van der Waals surface area contributed by atoms with Crippen molar-refractivity contribution in [2.45, 2.75) is 32.7 Å². The maximum atomic E-state index is 10.8. The van der Waals surface area contributed by atoms with Gasteiger partial charge in [-0.05, 0) is 23.8 Å². The largest absolute Gasteiger partial charge is 0.480 e. The molecule has 1 atom stereocenters. The van der Waals surface area contributed by atoms with Crippen LogP contribution in [0.25, 0.3) is 0 Å². The average molecular weight is 221 g/mol. The lowest BCUT2D eigenvalue weighted by Crippen LogP contribution is -2.44. The molecule has 0 amide bonds. The van der Waals surface area contributed by atoms with Gasteiger partial charge in [-0.2, -0.15) is 0 Å². The molecule has 3 nitrogen and oxygen atoms in total. The topological polar surface area (TPSA) is 63.3 Å². The molecule has 3 N–H and O–H groups in total. The normalized spacial score (nSPS) is 13.4. The Labute approximate surface area is 96.3 Å². The van der Waals surface area contributed by atoms with Crippen molar-refractivity contribution in [3.63, 3.8) is 0 Å². The van der Waals surface area contributed by atoms with Gasteiger partial charge in [0.05, 0.1) is 0 Å². The van der Waals surface area contributed by atoms with E-state index in [9.17, 15) is 4.79 Å². The third-order valence-corrected chi connectivity index (χ3v) is 3.01. The van der Waals surface area contributed by atoms with Gasteiger partial charge < -0.3 is 10.8 Å². The predicted octanol–water partition coefficient (Wildman–Crippen LogP) is 2.06. The molecule has 0 aromatic heterocycles. The Kier molecular flexibility index (Phi) is 4.07. The highest BCUT2D eigenvalue weighted by molar-refractivity contribution is 5.74. The number of carbonyl (C=O) groups is 1. The summed E-state index contributed by atoms with van der Waals surface area (Å²) in [5.74, 6) is -0.932. The van der Waals surface area contributed by atoms with Crippen LogP contribution in [0.15, 0.2) is 30.3 Å². The van der Waals surface area contributed by atoms with Gasteiger partial charge in [-0.1, -0.05) is 44.2 Å². The molecule has 0 unspecified atom stereocenters. The summed E-state index contributed by atoms with van der Waals surface area (Å²) >= 11 is 0. The minimum absolute atomic E-state index is 0.387. The monoisotopic (exact) mass is 221 g/mol. The molecule has 16 heavy (non-hydrogen) atoms. The van der Waals surface area contributed by atoms with E-state index in [1.807, 2.05) is 44.2 Å². The van der Waals surface area contributed by atoms with Crippen LogP contribution in [-0.2, 0) is 11.2 Å². The highest BCUT2D eigenvalue weighted by Crippen LogP contribution is 2.26. The van der Waals surface area contributed by atoms with Crippen LogP contribution in [0.5, 0.6) is 0 Å². The summed E-state index contributed by atoms with van der Waals surface area (Å²) in [4.78, 5) is 10.8. The van der Waals surface area contributed by atoms with Crippen LogP contribution in [-0.4, -0.2) is 17.1 Å². The number of aryl methyl sites for hydroxylation is 1. The molecule has 1 aromatic carbocycles. The first-order valence-corrected chi connectivity index (χ1v) is 5.46. The van der Waals surface area contributed by atoms with Crippen molar-refractivity contribution >= 4 is 5.97 Å². The molecule has 1 rings (SSSR count). The number of benzene rings is 1. The third kappa shape index (κ3) is 3.35. The van der Waals surface area contributed by atoms with Gasteiger partial charge in [0, 0.05) is 0 Å². The van der Waals surface area contributed by atoms with Gasteiger partial charge in [-0.15, -0.1) is 0 Å². The molecule has 1 aromatic rings. The fourth-order valence-corrected chi connectivity index (χ4v) is 1.60. The smallest absolute Gasteiger partial charge is 0.321 e. The summed E-state index contributed by atoms with van der Waals surface area (Å²) in [5.41, 5.74) is 6.49. The van der Waals surface area contributed by atoms with Crippen molar-refractivity contribution in [1.82, 2.24) is 0 Å². The number of hydrogen-bond acceptors (Lipinski definition) is 2. The zero-order valence-electron chi connectivity index (χ0n) is 9.81. The average Bonchev–Trinajstić information content (AvgIpc) is 2.27. The van der Waals surface area contributed by atoms with E-state index in [0.717, 1.165) is 12.8 Å². The third-order valence-electron chi connectivity index (χ3n) is 3.01. The van der Waals surface area contributed by atoms with E-state index in [0.29, 0.717) is 0 Å². The van der Waals surface area contributed by atoms with E-state index >= 15 is 0 Å². The standard InChI is InChI=1S/C13H19NO2/c1-13(2,11(14)12(15)16)9-8-10-6-4-3-5-7-10/h3-7,11H,8-9,14H2,1-2H3,(H,15,16)/t11-/m1/s1. The van der Waals surface area contributed by atoms with E-state index in [4.69, 9.17) is 10.8 Å². The van der Waals surface area contributed by atoms with Gasteiger partial charge in [-0.25, -0.2) is 0 Å². The molecule has 0 spiro atoms. The highest BCUT2D eigenvalue weighted by atomic mass is 16.4.